The van der Waals surface area contributed by atoms with E-state index in [2.05, 4.69) is 51.5 Å². The zero-order chi connectivity index (χ0) is 44.5. The number of aryl methyl sites for hydroxylation is 2. The molecular formula is C47H56ClN11O5. The summed E-state index contributed by atoms with van der Waals surface area (Å²) in [7, 11) is 3.72. The molecule has 0 radical (unpaired) electrons. The van der Waals surface area contributed by atoms with Crippen LogP contribution in [0.15, 0.2) is 55.1 Å². The highest BCUT2D eigenvalue weighted by Crippen LogP contribution is 2.37. The van der Waals surface area contributed by atoms with E-state index in [-0.39, 0.29) is 47.5 Å². The highest BCUT2D eigenvalue weighted by molar-refractivity contribution is 6.32. The molecule has 5 aromatic rings. The first-order valence-electron chi connectivity index (χ1n) is 22.6. The number of benzene rings is 1. The number of hydrogen-bond donors (Lipinski definition) is 3. The Morgan fingerprint density at radius 3 is 2.41 bits per heavy atom. The number of hydrogen-bond acceptors (Lipinski definition) is 11. The van der Waals surface area contributed by atoms with Gasteiger partial charge in [0, 0.05) is 76.1 Å². The summed E-state index contributed by atoms with van der Waals surface area (Å²) < 4.78 is 7.97. The van der Waals surface area contributed by atoms with E-state index in [1.165, 1.54) is 6.20 Å². The van der Waals surface area contributed by atoms with E-state index in [4.69, 9.17) is 16.3 Å². The van der Waals surface area contributed by atoms with E-state index in [1.807, 2.05) is 38.3 Å². The monoisotopic (exact) mass is 889 g/mol. The Balaban J connectivity index is 0.694. The van der Waals surface area contributed by atoms with Crippen LogP contribution in [-0.2, 0) is 21.4 Å². The van der Waals surface area contributed by atoms with Crippen molar-refractivity contribution in [1.82, 2.24) is 50.1 Å². The second-order valence-electron chi connectivity index (χ2n) is 18.1. The van der Waals surface area contributed by atoms with E-state index in [0.29, 0.717) is 57.8 Å². The second kappa shape index (κ2) is 18.7. The summed E-state index contributed by atoms with van der Waals surface area (Å²) in [6.45, 7) is 6.71. The molecule has 0 unspecified atom stereocenters. The van der Waals surface area contributed by atoms with Gasteiger partial charge >= 0.3 is 0 Å². The number of likely N-dealkylation sites (tertiary alicyclic amines) is 1. The molecule has 4 aliphatic rings. The minimum Gasteiger partial charge on any atom is -0.453 e. The van der Waals surface area contributed by atoms with Crippen molar-refractivity contribution in [2.45, 2.75) is 89.1 Å². The summed E-state index contributed by atoms with van der Waals surface area (Å²) >= 11 is 6.55. The van der Waals surface area contributed by atoms with E-state index < -0.39 is 0 Å². The van der Waals surface area contributed by atoms with Gasteiger partial charge in [0.1, 0.15) is 22.1 Å². The maximum Gasteiger partial charge on any atom is 0.253 e. The number of imide groups is 1. The van der Waals surface area contributed by atoms with Gasteiger partial charge in [0.2, 0.25) is 17.7 Å². The maximum atomic E-state index is 13.6. The third kappa shape index (κ3) is 9.48. The van der Waals surface area contributed by atoms with Crippen molar-refractivity contribution < 1.29 is 23.9 Å². The number of halogens is 1. The average Bonchev–Trinajstić information content (AvgIpc) is 3.89. The van der Waals surface area contributed by atoms with Gasteiger partial charge in [0.05, 0.1) is 35.3 Å². The minimum absolute atomic E-state index is 0.0323. The Labute approximate surface area is 377 Å². The molecule has 1 aromatic carbocycles. The highest BCUT2D eigenvalue weighted by atomic mass is 35.5. The number of nitrogens with one attached hydrogen (secondary N) is 3. The summed E-state index contributed by atoms with van der Waals surface area (Å²) in [5.41, 5.74) is 5.19. The largest absolute Gasteiger partial charge is 0.453 e. The van der Waals surface area contributed by atoms with Gasteiger partial charge in [0.25, 0.3) is 5.91 Å². The fraction of sp³-hybridized carbons (Fsp3) is 0.489. The molecule has 4 aromatic heterocycles. The number of piperidine rings is 3. The smallest absolute Gasteiger partial charge is 0.253 e. The molecule has 1 atom stereocenters. The van der Waals surface area contributed by atoms with Gasteiger partial charge < -0.3 is 29.7 Å². The Kier molecular flexibility index (Phi) is 12.7. The number of anilines is 1. The van der Waals surface area contributed by atoms with E-state index in [9.17, 15) is 19.2 Å². The molecule has 64 heavy (non-hydrogen) atoms. The first-order valence-corrected chi connectivity index (χ1v) is 23.0. The molecule has 1 saturated carbocycles. The van der Waals surface area contributed by atoms with Crippen LogP contribution in [0.2, 0.25) is 5.02 Å². The molecule has 3 N–H and O–H groups in total. The van der Waals surface area contributed by atoms with Gasteiger partial charge in [-0.15, -0.1) is 0 Å². The summed E-state index contributed by atoms with van der Waals surface area (Å²) in [4.78, 5) is 74.6. The molecule has 0 spiro atoms. The SMILES string of the molecule is Cc1nn(C)cc1-c1nc2ncc(Cl)c(Oc3ccc(C(=O)N(C)C4CCC(NC(=O)C5CCN(CC6CCN(c7cncc([C@@H]8CCC(=O)NC8=O)c7)CC6)CC5)CC4)cc3)c2[nH]1. The van der Waals surface area contributed by atoms with E-state index >= 15 is 0 Å². The van der Waals surface area contributed by atoms with Gasteiger partial charge in [-0.25, -0.2) is 9.97 Å². The van der Waals surface area contributed by atoms with Crippen LogP contribution < -0.4 is 20.3 Å². The van der Waals surface area contributed by atoms with E-state index in [0.717, 1.165) is 107 Å². The second-order valence-corrected chi connectivity index (χ2v) is 18.5. The lowest BCUT2D eigenvalue weighted by atomic mass is 9.88. The molecule has 4 fully saturated rings. The molecule has 336 valence electrons. The van der Waals surface area contributed by atoms with Crippen LogP contribution in [-0.4, -0.2) is 115 Å². The van der Waals surface area contributed by atoms with Crippen molar-refractivity contribution in [3.63, 3.8) is 0 Å². The molecule has 9 rings (SSSR count). The fourth-order valence-electron chi connectivity index (χ4n) is 9.99. The van der Waals surface area contributed by atoms with Gasteiger partial charge in [0.15, 0.2) is 11.4 Å². The predicted octanol–water partition coefficient (Wildman–Crippen LogP) is 6.16. The van der Waals surface area contributed by atoms with Crippen LogP contribution in [0.3, 0.4) is 0 Å². The average molecular weight is 890 g/mol. The van der Waals surface area contributed by atoms with Crippen LogP contribution in [0.25, 0.3) is 22.6 Å². The normalized spacial score (nSPS) is 21.5. The lowest BCUT2D eigenvalue weighted by Crippen LogP contribution is -2.48. The number of imidazole rings is 1. The number of aromatic amines is 1. The van der Waals surface area contributed by atoms with Crippen LogP contribution in [0.4, 0.5) is 5.69 Å². The van der Waals surface area contributed by atoms with Crippen molar-refractivity contribution in [3.05, 3.63) is 77.0 Å². The number of carbonyl (C=O) groups is 4. The van der Waals surface area contributed by atoms with Crippen LogP contribution >= 0.6 is 11.6 Å². The number of fused-ring (bicyclic) bond motifs is 1. The number of nitrogens with zero attached hydrogens (tertiary/aromatic N) is 8. The maximum absolute atomic E-state index is 13.6. The quantitative estimate of drug-likeness (QED) is 0.129. The molecule has 3 aliphatic heterocycles. The molecule has 16 nitrogen and oxygen atoms in total. The summed E-state index contributed by atoms with van der Waals surface area (Å²) in [5.74, 6) is 1.51. The number of H-pyrrole nitrogens is 1. The van der Waals surface area contributed by atoms with Crippen LogP contribution in [0, 0.1) is 18.8 Å². The highest BCUT2D eigenvalue weighted by Gasteiger charge is 2.33. The van der Waals surface area contributed by atoms with Crippen LogP contribution in [0.1, 0.15) is 91.7 Å². The summed E-state index contributed by atoms with van der Waals surface area (Å²) in [6, 6.07) is 9.34. The zero-order valence-corrected chi connectivity index (χ0v) is 37.4. The Morgan fingerprint density at radius 1 is 0.953 bits per heavy atom. The lowest BCUT2D eigenvalue weighted by molar-refractivity contribution is -0.134. The summed E-state index contributed by atoms with van der Waals surface area (Å²) in [6.07, 6.45) is 15.1. The Bertz CT molecular complexity index is 2520. The van der Waals surface area contributed by atoms with Crippen molar-refractivity contribution in [3.8, 4) is 22.9 Å². The first-order chi connectivity index (χ1) is 30.9. The molecule has 7 heterocycles. The first kappa shape index (κ1) is 43.4. The van der Waals surface area contributed by atoms with Gasteiger partial charge in [-0.05, 0) is 120 Å². The number of ether oxygens (including phenoxy) is 1. The van der Waals surface area contributed by atoms with Gasteiger partial charge in [-0.2, -0.15) is 5.10 Å². The number of rotatable bonds is 11. The molecule has 0 bridgehead atoms. The van der Waals surface area contributed by atoms with Crippen molar-refractivity contribution in [2.24, 2.45) is 18.9 Å². The molecule has 3 saturated heterocycles. The van der Waals surface area contributed by atoms with Crippen molar-refractivity contribution in [2.75, 3.05) is 44.7 Å². The minimum atomic E-state index is -0.332. The van der Waals surface area contributed by atoms with E-state index in [1.54, 1.807) is 35.1 Å². The van der Waals surface area contributed by atoms with Gasteiger partial charge in [-0.1, -0.05) is 11.6 Å². The number of aromatic nitrogens is 6. The zero-order valence-electron chi connectivity index (χ0n) is 36.7. The standard InChI is InChI=1S/C47H56ClN11O5/c1-28-38(27-56(2)55-28)43-53-41-42(39(48)25-50-44(41)54-43)64-36-10-4-31(5-11-36)47(63)57(3)34-8-6-33(7-9-34)51-45(61)30-16-18-58(19-17-30)26-29-14-20-59(21-15-29)35-22-32(23-49-24-35)37-12-13-40(60)52-46(37)62/h4-5,10-11,22-25,27,29-30,33-34,37H,6-9,12-21,26H2,1-3H3,(H,51,61)(H,50,53,54)(H,52,60,62)/t33?,34?,37-/m0/s1. The Morgan fingerprint density at radius 2 is 1.70 bits per heavy atom. The lowest BCUT2D eigenvalue weighted by Gasteiger charge is -2.39. The summed E-state index contributed by atoms with van der Waals surface area (Å²) in [5, 5.41) is 10.6. The third-order valence-corrected chi connectivity index (χ3v) is 14.0. The molecule has 17 heteroatoms. The predicted molar refractivity (Wildman–Crippen MR) is 242 cm³/mol. The van der Waals surface area contributed by atoms with Crippen molar-refractivity contribution >= 4 is 52.1 Å². The van der Waals surface area contributed by atoms with Crippen molar-refractivity contribution in [1.29, 1.82) is 0 Å². The Hall–Kier alpha value is -5.87. The number of pyridine rings is 2. The van der Waals surface area contributed by atoms with Gasteiger partial charge in [-0.3, -0.25) is 34.2 Å². The molecule has 1 aliphatic carbocycles. The molecule has 4 amide bonds. The molecular weight excluding hydrogens is 834 g/mol. The third-order valence-electron chi connectivity index (χ3n) is 13.8. The fourth-order valence-corrected chi connectivity index (χ4v) is 10.2. The number of carbonyl (C=O) groups excluding carboxylic acids is 4. The van der Waals surface area contributed by atoms with Crippen LogP contribution in [0.5, 0.6) is 11.5 Å². The topological polar surface area (TPSA) is 184 Å². The number of amides is 4.